The Balaban J connectivity index is 1.42. The van der Waals surface area contributed by atoms with Crippen molar-refractivity contribution in [2.75, 3.05) is 18.0 Å². The Morgan fingerprint density at radius 1 is 0.825 bits per heavy atom. The molecule has 1 saturated heterocycles. The molecule has 8 heteroatoms. The van der Waals surface area contributed by atoms with E-state index in [1.54, 1.807) is 12.1 Å². The van der Waals surface area contributed by atoms with E-state index >= 15 is 0 Å². The van der Waals surface area contributed by atoms with Crippen LogP contribution in [-0.4, -0.2) is 22.9 Å². The highest BCUT2D eigenvalue weighted by Gasteiger charge is 2.34. The van der Waals surface area contributed by atoms with Crippen molar-refractivity contribution in [2.45, 2.75) is 32.0 Å². The van der Waals surface area contributed by atoms with Crippen molar-refractivity contribution in [3.8, 4) is 11.3 Å². The summed E-state index contributed by atoms with van der Waals surface area (Å²) < 4.78 is 58.0. The summed E-state index contributed by atoms with van der Waals surface area (Å²) in [6.07, 6.45) is -1.52. The van der Waals surface area contributed by atoms with Crippen LogP contribution >= 0.6 is 11.6 Å². The standard InChI is InChI=1S/C32H26ClF4N3/c33-25-13-12-24(29(34)19-25)20-40-31(27-10-5-11-28(30(27)38-40)32(35,36)37)23-8-3-6-21(17-23)16-22-7-4-9-26(18-22)39-14-1-2-15-39/h3-13,17-19H,1-2,14-16,20H2. The highest BCUT2D eigenvalue weighted by molar-refractivity contribution is 6.30. The lowest BCUT2D eigenvalue weighted by Crippen LogP contribution is -2.17. The van der Waals surface area contributed by atoms with Crippen molar-refractivity contribution in [3.05, 3.63) is 118 Å². The topological polar surface area (TPSA) is 21.1 Å². The monoisotopic (exact) mass is 563 g/mol. The number of aromatic nitrogens is 2. The summed E-state index contributed by atoms with van der Waals surface area (Å²) in [6.45, 7) is 2.07. The summed E-state index contributed by atoms with van der Waals surface area (Å²) in [5.74, 6) is -0.541. The van der Waals surface area contributed by atoms with Crippen molar-refractivity contribution in [3.63, 3.8) is 0 Å². The fourth-order valence-corrected chi connectivity index (χ4v) is 5.67. The summed E-state index contributed by atoms with van der Waals surface area (Å²) >= 11 is 5.92. The van der Waals surface area contributed by atoms with Crippen LogP contribution in [0.15, 0.2) is 84.9 Å². The van der Waals surface area contributed by atoms with Crippen LogP contribution in [0.25, 0.3) is 22.2 Å². The lowest BCUT2D eigenvalue weighted by atomic mass is 9.99. The summed E-state index contributed by atoms with van der Waals surface area (Å²) in [4.78, 5) is 2.39. The van der Waals surface area contributed by atoms with Gasteiger partial charge in [-0.25, -0.2) is 4.39 Å². The number of alkyl halides is 3. The maximum Gasteiger partial charge on any atom is 0.418 e. The van der Waals surface area contributed by atoms with Gasteiger partial charge in [0.05, 0.1) is 17.8 Å². The van der Waals surface area contributed by atoms with Gasteiger partial charge in [0.1, 0.15) is 11.3 Å². The smallest absolute Gasteiger partial charge is 0.372 e. The Morgan fingerprint density at radius 2 is 1.55 bits per heavy atom. The van der Waals surface area contributed by atoms with Gasteiger partial charge in [-0.1, -0.05) is 60.1 Å². The number of rotatable bonds is 6. The molecule has 2 heterocycles. The van der Waals surface area contributed by atoms with Gasteiger partial charge in [0.25, 0.3) is 0 Å². The van der Waals surface area contributed by atoms with Crippen LogP contribution in [0.1, 0.15) is 35.1 Å². The van der Waals surface area contributed by atoms with Crippen LogP contribution in [0.3, 0.4) is 0 Å². The second-order valence-electron chi connectivity index (χ2n) is 10.2. The van der Waals surface area contributed by atoms with E-state index in [2.05, 4.69) is 34.3 Å². The van der Waals surface area contributed by atoms with Gasteiger partial charge < -0.3 is 4.90 Å². The summed E-state index contributed by atoms with van der Waals surface area (Å²) in [5.41, 5.74) is 3.89. The minimum absolute atomic E-state index is 0.0492. The first-order valence-corrected chi connectivity index (χ1v) is 13.6. The van der Waals surface area contributed by atoms with Gasteiger partial charge in [0.15, 0.2) is 0 Å². The molecule has 0 amide bonds. The average Bonchev–Trinajstić information content (AvgIpc) is 3.58. The third-order valence-electron chi connectivity index (χ3n) is 7.40. The maximum atomic E-state index is 14.7. The van der Waals surface area contributed by atoms with Crippen LogP contribution in [-0.2, 0) is 19.1 Å². The Morgan fingerprint density at radius 3 is 2.30 bits per heavy atom. The molecule has 5 aromatic rings. The molecule has 1 fully saturated rings. The van der Waals surface area contributed by atoms with E-state index in [-0.39, 0.29) is 22.6 Å². The molecule has 0 unspecified atom stereocenters. The van der Waals surface area contributed by atoms with Gasteiger partial charge in [0, 0.05) is 40.3 Å². The van der Waals surface area contributed by atoms with Crippen LogP contribution in [0.4, 0.5) is 23.2 Å². The second kappa shape index (κ2) is 10.6. The first-order valence-electron chi connectivity index (χ1n) is 13.2. The fourth-order valence-electron chi connectivity index (χ4n) is 5.51. The molecule has 4 aromatic carbocycles. The number of benzene rings is 4. The van der Waals surface area contributed by atoms with Gasteiger partial charge in [-0.2, -0.15) is 18.3 Å². The zero-order valence-electron chi connectivity index (χ0n) is 21.6. The van der Waals surface area contributed by atoms with Crippen molar-refractivity contribution >= 4 is 28.2 Å². The van der Waals surface area contributed by atoms with E-state index in [1.807, 2.05) is 24.3 Å². The molecule has 0 spiro atoms. The molecular weight excluding hydrogens is 538 g/mol. The number of fused-ring (bicyclic) bond motifs is 1. The zero-order valence-corrected chi connectivity index (χ0v) is 22.3. The highest BCUT2D eigenvalue weighted by atomic mass is 35.5. The molecule has 1 aliphatic heterocycles. The van der Waals surface area contributed by atoms with Crippen molar-refractivity contribution in [2.24, 2.45) is 0 Å². The molecule has 0 bridgehead atoms. The van der Waals surface area contributed by atoms with Crippen LogP contribution in [0, 0.1) is 5.82 Å². The van der Waals surface area contributed by atoms with Crippen LogP contribution in [0.2, 0.25) is 5.02 Å². The molecule has 6 rings (SSSR count). The van der Waals surface area contributed by atoms with E-state index < -0.39 is 17.6 Å². The Bertz CT molecular complexity index is 1690. The van der Waals surface area contributed by atoms with Crippen molar-refractivity contribution in [1.82, 2.24) is 9.78 Å². The fraction of sp³-hybridized carbons (Fsp3) is 0.219. The molecule has 0 atom stereocenters. The Labute approximate surface area is 234 Å². The lowest BCUT2D eigenvalue weighted by Gasteiger charge is -2.18. The van der Waals surface area contributed by atoms with E-state index in [0.29, 0.717) is 23.1 Å². The minimum atomic E-state index is -4.58. The lowest BCUT2D eigenvalue weighted by molar-refractivity contribution is -0.136. The SMILES string of the molecule is Fc1cc(Cl)ccc1Cn1nc2c(C(F)(F)F)cccc2c1-c1cccc(Cc2cccc(N3CCCC3)c2)c1. The first kappa shape index (κ1) is 26.4. The number of nitrogens with zero attached hydrogens (tertiary/aromatic N) is 3. The van der Waals surface area contributed by atoms with E-state index in [1.165, 1.54) is 41.4 Å². The van der Waals surface area contributed by atoms with Gasteiger partial charge >= 0.3 is 6.18 Å². The van der Waals surface area contributed by atoms with E-state index in [9.17, 15) is 17.6 Å². The highest BCUT2D eigenvalue weighted by Crippen LogP contribution is 2.38. The molecule has 40 heavy (non-hydrogen) atoms. The summed E-state index contributed by atoms with van der Waals surface area (Å²) in [5, 5.41) is 4.98. The predicted octanol–water partition coefficient (Wildman–Crippen LogP) is 8.75. The molecule has 1 aliphatic rings. The Hall–Kier alpha value is -3.84. The van der Waals surface area contributed by atoms with E-state index in [4.69, 9.17) is 11.6 Å². The second-order valence-corrected chi connectivity index (χ2v) is 10.6. The third-order valence-corrected chi connectivity index (χ3v) is 7.64. The molecule has 0 saturated carbocycles. The number of hydrogen-bond acceptors (Lipinski definition) is 2. The minimum Gasteiger partial charge on any atom is -0.372 e. The normalized spacial score (nSPS) is 13.9. The third kappa shape index (κ3) is 5.30. The summed E-state index contributed by atoms with van der Waals surface area (Å²) in [7, 11) is 0. The Kier molecular flexibility index (Phi) is 7.00. The molecule has 0 radical (unpaired) electrons. The average molecular weight is 564 g/mol. The largest absolute Gasteiger partial charge is 0.418 e. The van der Waals surface area contributed by atoms with Crippen LogP contribution in [0.5, 0.6) is 0 Å². The number of hydrogen-bond donors (Lipinski definition) is 0. The molecule has 0 aliphatic carbocycles. The number of halogens is 5. The van der Waals surface area contributed by atoms with Gasteiger partial charge in [0.2, 0.25) is 0 Å². The quantitative estimate of drug-likeness (QED) is 0.193. The van der Waals surface area contributed by atoms with Crippen molar-refractivity contribution in [1.29, 1.82) is 0 Å². The molecule has 0 N–H and O–H groups in total. The molecule has 204 valence electrons. The van der Waals surface area contributed by atoms with Gasteiger partial charge in [-0.15, -0.1) is 0 Å². The van der Waals surface area contributed by atoms with Gasteiger partial charge in [-0.3, -0.25) is 4.68 Å². The van der Waals surface area contributed by atoms with Crippen molar-refractivity contribution < 1.29 is 17.6 Å². The molecular formula is C32H26ClF4N3. The predicted molar refractivity (Wildman–Crippen MR) is 151 cm³/mol. The first-order chi connectivity index (χ1) is 19.3. The van der Waals surface area contributed by atoms with E-state index in [0.717, 1.165) is 30.3 Å². The van der Waals surface area contributed by atoms with Gasteiger partial charge in [-0.05, 0) is 66.8 Å². The molecule has 1 aromatic heterocycles. The maximum absolute atomic E-state index is 14.7. The molecule has 3 nitrogen and oxygen atoms in total. The summed E-state index contributed by atoms with van der Waals surface area (Å²) in [6, 6.07) is 24.6. The van der Waals surface area contributed by atoms with Crippen LogP contribution < -0.4 is 4.90 Å². The number of anilines is 1. The zero-order chi connectivity index (χ0) is 27.9.